The van der Waals surface area contributed by atoms with Crippen molar-refractivity contribution in [2.75, 3.05) is 6.61 Å². The summed E-state index contributed by atoms with van der Waals surface area (Å²) in [6.45, 7) is 1.92. The van der Waals surface area contributed by atoms with Crippen molar-refractivity contribution in [3.05, 3.63) is 34.6 Å². The summed E-state index contributed by atoms with van der Waals surface area (Å²) in [5.41, 5.74) is 0.279. The minimum atomic E-state index is -0.627. The third kappa shape index (κ3) is 3.82. The van der Waals surface area contributed by atoms with Crippen LogP contribution in [0.1, 0.15) is 31.7 Å². The molecule has 1 aliphatic rings. The Hall–Kier alpha value is -1.88. The van der Waals surface area contributed by atoms with Gasteiger partial charge < -0.3 is 9.84 Å². The van der Waals surface area contributed by atoms with Crippen molar-refractivity contribution in [2.45, 2.75) is 32.2 Å². The molecule has 1 aromatic heterocycles. The number of aliphatic hydroxyl groups excluding tert-OH is 1. The predicted octanol–water partition coefficient (Wildman–Crippen LogP) is 3.19. The van der Waals surface area contributed by atoms with Gasteiger partial charge in [0.25, 0.3) is 0 Å². The van der Waals surface area contributed by atoms with Gasteiger partial charge in [0.2, 0.25) is 0 Å². The molecule has 6 heteroatoms. The van der Waals surface area contributed by atoms with E-state index in [9.17, 15) is 9.90 Å². The molecule has 112 valence electrons. The molecule has 2 rings (SSSR count). The summed E-state index contributed by atoms with van der Waals surface area (Å²) in [5, 5.41) is 10.4. The second-order valence-electron chi connectivity index (χ2n) is 4.69. The Labute approximate surface area is 128 Å². The Morgan fingerprint density at radius 3 is 2.95 bits per heavy atom. The van der Waals surface area contributed by atoms with Gasteiger partial charge in [-0.3, -0.25) is 4.99 Å². The van der Waals surface area contributed by atoms with E-state index in [0.717, 1.165) is 19.3 Å². The number of hydrogen-bond donors (Lipinski definition) is 1. The maximum atomic E-state index is 12.0. The van der Waals surface area contributed by atoms with Crippen LogP contribution in [-0.4, -0.2) is 34.9 Å². The average molecular weight is 309 g/mol. The van der Waals surface area contributed by atoms with Crippen molar-refractivity contribution in [1.29, 1.82) is 0 Å². The van der Waals surface area contributed by atoms with Crippen molar-refractivity contribution < 1.29 is 14.6 Å². The Balaban J connectivity index is 2.36. The highest BCUT2D eigenvalue weighted by atomic mass is 35.5. The summed E-state index contributed by atoms with van der Waals surface area (Å²) in [4.78, 5) is 20.2. The van der Waals surface area contributed by atoms with Gasteiger partial charge in [-0.1, -0.05) is 11.6 Å². The number of pyridine rings is 1. The summed E-state index contributed by atoms with van der Waals surface area (Å²) in [7, 11) is 0. The number of aromatic nitrogens is 1. The quantitative estimate of drug-likeness (QED) is 0.298. The number of hydrogen-bond acceptors (Lipinski definition) is 5. The maximum Gasteiger partial charge on any atom is 0.343 e. The number of aliphatic hydroxyl groups is 1. The molecular weight excluding hydrogens is 292 g/mol. The Morgan fingerprint density at radius 2 is 2.38 bits per heavy atom. The van der Waals surface area contributed by atoms with Crippen LogP contribution in [0.4, 0.5) is 0 Å². The number of rotatable bonds is 5. The third-order valence-electron chi connectivity index (χ3n) is 3.25. The lowest BCUT2D eigenvalue weighted by atomic mass is 9.94. The van der Waals surface area contributed by atoms with Gasteiger partial charge in [0, 0.05) is 18.5 Å². The standard InChI is InChI=1S/C15H17ClN2O3/c1-2-21-15(20)12(9-18-10-5-3-6-10)13(19)11-7-4-8-17-14(11)16/h4,7-10,19H,2-3,5-6H2,1H3/b13-12+,18-9?. The number of nitrogens with zero attached hydrogens (tertiary/aromatic N) is 2. The fraction of sp³-hybridized carbons (Fsp3) is 0.400. The van der Waals surface area contributed by atoms with Crippen molar-refractivity contribution in [3.63, 3.8) is 0 Å². The third-order valence-corrected chi connectivity index (χ3v) is 3.56. The van der Waals surface area contributed by atoms with Gasteiger partial charge in [0.15, 0.2) is 0 Å². The van der Waals surface area contributed by atoms with Crippen LogP contribution in [0.15, 0.2) is 28.9 Å². The number of esters is 1. The molecule has 0 spiro atoms. The first-order chi connectivity index (χ1) is 10.1. The topological polar surface area (TPSA) is 71.8 Å². The monoisotopic (exact) mass is 308 g/mol. The van der Waals surface area contributed by atoms with E-state index in [4.69, 9.17) is 16.3 Å². The Bertz CT molecular complexity index is 580. The SMILES string of the molecule is CCOC(=O)/C(C=NC1CCC1)=C(/O)c1cccnc1Cl. The first kappa shape index (κ1) is 15.5. The molecule has 0 amide bonds. The molecule has 1 aromatic rings. The zero-order chi connectivity index (χ0) is 15.2. The Kier molecular flexibility index (Phi) is 5.33. The number of carbonyl (C=O) groups excluding carboxylic acids is 1. The van der Waals surface area contributed by atoms with E-state index in [0.29, 0.717) is 0 Å². The van der Waals surface area contributed by atoms with E-state index < -0.39 is 5.97 Å². The molecule has 0 atom stereocenters. The molecular formula is C15H17ClN2O3. The summed E-state index contributed by atoms with van der Waals surface area (Å²) >= 11 is 5.94. The zero-order valence-electron chi connectivity index (χ0n) is 11.8. The fourth-order valence-electron chi connectivity index (χ4n) is 1.84. The molecule has 0 radical (unpaired) electrons. The highest BCUT2D eigenvalue weighted by Crippen LogP contribution is 2.24. The van der Waals surface area contributed by atoms with Gasteiger partial charge >= 0.3 is 5.97 Å². The summed E-state index contributed by atoms with van der Waals surface area (Å²) in [6, 6.07) is 3.43. The lowest BCUT2D eigenvalue weighted by molar-refractivity contribution is -0.137. The van der Waals surface area contributed by atoms with Gasteiger partial charge in [-0.15, -0.1) is 0 Å². The van der Waals surface area contributed by atoms with Crippen molar-refractivity contribution >= 4 is 29.5 Å². The van der Waals surface area contributed by atoms with Gasteiger partial charge in [0.1, 0.15) is 16.5 Å². The summed E-state index contributed by atoms with van der Waals surface area (Å²) in [6.07, 6.45) is 6.02. The molecule has 0 aliphatic heterocycles. The Morgan fingerprint density at radius 1 is 1.62 bits per heavy atom. The van der Waals surface area contributed by atoms with E-state index in [2.05, 4.69) is 9.98 Å². The van der Waals surface area contributed by atoms with Gasteiger partial charge in [0.05, 0.1) is 12.2 Å². The van der Waals surface area contributed by atoms with E-state index in [1.165, 1.54) is 12.4 Å². The second kappa shape index (κ2) is 7.22. The van der Waals surface area contributed by atoms with Crippen molar-refractivity contribution in [1.82, 2.24) is 4.98 Å². The van der Waals surface area contributed by atoms with Crippen LogP contribution in [0.2, 0.25) is 5.15 Å². The van der Waals surface area contributed by atoms with Gasteiger partial charge in [-0.25, -0.2) is 9.78 Å². The minimum Gasteiger partial charge on any atom is -0.506 e. The molecule has 1 N–H and O–H groups in total. The minimum absolute atomic E-state index is 0.00125. The molecule has 0 aromatic carbocycles. The number of aliphatic imine (C=N–C) groups is 1. The highest BCUT2D eigenvalue weighted by molar-refractivity contribution is 6.31. The molecule has 1 aliphatic carbocycles. The maximum absolute atomic E-state index is 12.0. The van der Waals surface area contributed by atoms with E-state index in [1.54, 1.807) is 19.1 Å². The smallest absolute Gasteiger partial charge is 0.343 e. The zero-order valence-corrected chi connectivity index (χ0v) is 12.5. The average Bonchev–Trinajstić information content (AvgIpc) is 2.41. The molecule has 0 unspecified atom stereocenters. The molecule has 0 bridgehead atoms. The number of carbonyl (C=O) groups is 1. The molecule has 1 fully saturated rings. The summed E-state index contributed by atoms with van der Waals surface area (Å²) < 4.78 is 4.96. The van der Waals surface area contributed by atoms with E-state index in [1.807, 2.05) is 0 Å². The van der Waals surface area contributed by atoms with Crippen LogP contribution in [0.25, 0.3) is 5.76 Å². The first-order valence-electron chi connectivity index (χ1n) is 6.88. The first-order valence-corrected chi connectivity index (χ1v) is 7.25. The normalized spacial score (nSPS) is 16.5. The van der Waals surface area contributed by atoms with E-state index >= 15 is 0 Å². The summed E-state index contributed by atoms with van der Waals surface area (Å²) in [5.74, 6) is -0.896. The van der Waals surface area contributed by atoms with Crippen molar-refractivity contribution in [2.24, 2.45) is 4.99 Å². The predicted molar refractivity (Wildman–Crippen MR) is 81.6 cm³/mol. The second-order valence-corrected chi connectivity index (χ2v) is 5.05. The molecule has 21 heavy (non-hydrogen) atoms. The van der Waals surface area contributed by atoms with Crippen molar-refractivity contribution in [3.8, 4) is 0 Å². The number of halogens is 1. The van der Waals surface area contributed by atoms with Crippen LogP contribution in [-0.2, 0) is 9.53 Å². The lowest BCUT2D eigenvalue weighted by Crippen LogP contribution is -2.17. The molecule has 0 saturated heterocycles. The fourth-order valence-corrected chi connectivity index (χ4v) is 2.05. The number of ether oxygens (including phenoxy) is 1. The van der Waals surface area contributed by atoms with Crippen LogP contribution < -0.4 is 0 Å². The van der Waals surface area contributed by atoms with Crippen LogP contribution in [0.5, 0.6) is 0 Å². The van der Waals surface area contributed by atoms with Crippen LogP contribution in [0.3, 0.4) is 0 Å². The largest absolute Gasteiger partial charge is 0.506 e. The van der Waals surface area contributed by atoms with Gasteiger partial charge in [-0.05, 0) is 38.3 Å². The molecule has 1 saturated carbocycles. The van der Waals surface area contributed by atoms with Crippen LogP contribution >= 0.6 is 11.6 Å². The molecule has 5 nitrogen and oxygen atoms in total. The highest BCUT2D eigenvalue weighted by Gasteiger charge is 2.20. The lowest BCUT2D eigenvalue weighted by Gasteiger charge is -2.20. The van der Waals surface area contributed by atoms with E-state index in [-0.39, 0.29) is 34.7 Å². The van der Waals surface area contributed by atoms with Gasteiger partial charge in [-0.2, -0.15) is 0 Å². The van der Waals surface area contributed by atoms with Crippen LogP contribution in [0, 0.1) is 0 Å². The molecule has 1 heterocycles.